The topological polar surface area (TPSA) is 48.5 Å². The van der Waals surface area contributed by atoms with Crippen LogP contribution in [0, 0.1) is 12.3 Å². The highest BCUT2D eigenvalue weighted by atomic mass is 32.1. The first-order valence-corrected chi connectivity index (χ1v) is 6.74. The van der Waals surface area contributed by atoms with Gasteiger partial charge in [0, 0.05) is 37.8 Å². The third-order valence-corrected chi connectivity index (χ3v) is 3.65. The summed E-state index contributed by atoms with van der Waals surface area (Å²) in [5, 5.41) is 5.72. The lowest BCUT2D eigenvalue weighted by atomic mass is 10.3. The SMILES string of the molecule is C#CCNC(=O)CN1CCN(c2nccs2)CC1. The summed E-state index contributed by atoms with van der Waals surface area (Å²) in [6.45, 7) is 4.31. The predicted molar refractivity (Wildman–Crippen MR) is 72.6 cm³/mol. The van der Waals surface area contributed by atoms with Crippen LogP contribution in [-0.2, 0) is 4.79 Å². The minimum atomic E-state index is -0.00403. The van der Waals surface area contributed by atoms with Gasteiger partial charge in [-0.15, -0.1) is 17.8 Å². The highest BCUT2D eigenvalue weighted by Gasteiger charge is 2.19. The van der Waals surface area contributed by atoms with Gasteiger partial charge in [-0.3, -0.25) is 9.69 Å². The van der Waals surface area contributed by atoms with Crippen molar-refractivity contribution >= 4 is 22.4 Å². The highest BCUT2D eigenvalue weighted by Crippen LogP contribution is 2.18. The maximum Gasteiger partial charge on any atom is 0.234 e. The molecule has 6 heteroatoms. The fourth-order valence-corrected chi connectivity index (χ4v) is 2.57. The summed E-state index contributed by atoms with van der Waals surface area (Å²) in [7, 11) is 0. The Balaban J connectivity index is 1.74. The van der Waals surface area contributed by atoms with Gasteiger partial charge < -0.3 is 10.2 Å². The van der Waals surface area contributed by atoms with Gasteiger partial charge in [0.05, 0.1) is 13.1 Å². The van der Waals surface area contributed by atoms with E-state index in [4.69, 9.17) is 6.42 Å². The minimum absolute atomic E-state index is 0.00403. The molecule has 0 spiro atoms. The van der Waals surface area contributed by atoms with Crippen LogP contribution in [0.25, 0.3) is 0 Å². The quantitative estimate of drug-likeness (QED) is 0.779. The average molecular weight is 264 g/mol. The molecule has 1 N–H and O–H groups in total. The maximum absolute atomic E-state index is 11.5. The van der Waals surface area contributed by atoms with Crippen molar-refractivity contribution in [1.82, 2.24) is 15.2 Å². The Hall–Kier alpha value is -1.58. The second kappa shape index (κ2) is 6.38. The Kier molecular flexibility index (Phi) is 4.56. The van der Waals surface area contributed by atoms with E-state index in [2.05, 4.69) is 26.0 Å². The summed E-state index contributed by atoms with van der Waals surface area (Å²) in [5.74, 6) is 2.39. The molecular formula is C12H16N4OS. The number of thiazole rings is 1. The molecule has 2 rings (SSSR count). The molecule has 2 heterocycles. The number of amides is 1. The van der Waals surface area contributed by atoms with E-state index in [9.17, 15) is 4.79 Å². The molecule has 18 heavy (non-hydrogen) atoms. The van der Waals surface area contributed by atoms with Crippen molar-refractivity contribution in [3.63, 3.8) is 0 Å². The molecule has 1 aliphatic heterocycles. The number of anilines is 1. The zero-order chi connectivity index (χ0) is 12.8. The molecule has 1 aliphatic rings. The summed E-state index contributed by atoms with van der Waals surface area (Å²) in [4.78, 5) is 20.2. The van der Waals surface area contributed by atoms with E-state index in [1.54, 1.807) is 11.3 Å². The first kappa shape index (κ1) is 12.9. The van der Waals surface area contributed by atoms with Crippen LogP contribution in [0.3, 0.4) is 0 Å². The van der Waals surface area contributed by atoms with Crippen LogP contribution in [0.15, 0.2) is 11.6 Å². The van der Waals surface area contributed by atoms with Gasteiger partial charge in [0.25, 0.3) is 0 Å². The summed E-state index contributed by atoms with van der Waals surface area (Å²) >= 11 is 1.65. The third kappa shape index (κ3) is 3.45. The first-order valence-electron chi connectivity index (χ1n) is 5.86. The van der Waals surface area contributed by atoms with Crippen LogP contribution in [0.5, 0.6) is 0 Å². The first-order chi connectivity index (χ1) is 8.79. The van der Waals surface area contributed by atoms with E-state index in [0.29, 0.717) is 13.1 Å². The van der Waals surface area contributed by atoms with Gasteiger partial charge in [-0.05, 0) is 0 Å². The lowest BCUT2D eigenvalue weighted by Gasteiger charge is -2.34. The number of terminal acetylenes is 1. The monoisotopic (exact) mass is 264 g/mol. The number of aromatic nitrogens is 1. The molecule has 0 aliphatic carbocycles. The molecular weight excluding hydrogens is 248 g/mol. The number of rotatable bonds is 4. The van der Waals surface area contributed by atoms with Gasteiger partial charge in [0.2, 0.25) is 5.91 Å². The lowest BCUT2D eigenvalue weighted by Crippen LogP contribution is -2.49. The molecule has 1 aromatic heterocycles. The van der Waals surface area contributed by atoms with E-state index in [-0.39, 0.29) is 5.91 Å². The van der Waals surface area contributed by atoms with Crippen molar-refractivity contribution in [3.05, 3.63) is 11.6 Å². The van der Waals surface area contributed by atoms with Crippen LogP contribution >= 0.6 is 11.3 Å². The summed E-state index contributed by atoms with van der Waals surface area (Å²) in [6.07, 6.45) is 6.91. The Morgan fingerprint density at radius 3 is 2.89 bits per heavy atom. The van der Waals surface area contributed by atoms with Crippen molar-refractivity contribution < 1.29 is 4.79 Å². The van der Waals surface area contributed by atoms with Crippen molar-refractivity contribution in [2.24, 2.45) is 0 Å². The second-order valence-electron chi connectivity index (χ2n) is 4.06. The summed E-state index contributed by atoms with van der Waals surface area (Å²) < 4.78 is 0. The van der Waals surface area contributed by atoms with Crippen LogP contribution in [0.1, 0.15) is 0 Å². The van der Waals surface area contributed by atoms with Crippen LogP contribution < -0.4 is 10.2 Å². The molecule has 1 aromatic rings. The summed E-state index contributed by atoms with van der Waals surface area (Å²) in [6, 6.07) is 0. The molecule has 0 unspecified atom stereocenters. The highest BCUT2D eigenvalue weighted by molar-refractivity contribution is 7.13. The van der Waals surface area contributed by atoms with Gasteiger partial charge >= 0.3 is 0 Å². The molecule has 1 fully saturated rings. The third-order valence-electron chi connectivity index (χ3n) is 2.82. The van der Waals surface area contributed by atoms with Gasteiger partial charge in [-0.1, -0.05) is 5.92 Å². The van der Waals surface area contributed by atoms with Crippen molar-refractivity contribution in [2.45, 2.75) is 0 Å². The van der Waals surface area contributed by atoms with E-state index in [1.165, 1.54) is 0 Å². The Morgan fingerprint density at radius 2 is 2.28 bits per heavy atom. The number of carbonyl (C=O) groups excluding carboxylic acids is 1. The number of hydrogen-bond acceptors (Lipinski definition) is 5. The van der Waals surface area contributed by atoms with Crippen LogP contribution in [0.4, 0.5) is 5.13 Å². The number of nitrogens with zero attached hydrogens (tertiary/aromatic N) is 3. The number of nitrogens with one attached hydrogen (secondary N) is 1. The maximum atomic E-state index is 11.5. The predicted octanol–water partition coefficient (Wildman–Crippen LogP) is 0.0145. The number of piperazine rings is 1. The molecule has 0 bridgehead atoms. The Labute approximate surface area is 111 Å². The average Bonchev–Trinajstić information content (AvgIpc) is 2.91. The van der Waals surface area contributed by atoms with Gasteiger partial charge in [-0.25, -0.2) is 4.98 Å². The smallest absolute Gasteiger partial charge is 0.234 e. The second-order valence-corrected chi connectivity index (χ2v) is 4.93. The van der Waals surface area contributed by atoms with Crippen molar-refractivity contribution in [1.29, 1.82) is 0 Å². The van der Waals surface area contributed by atoms with Gasteiger partial charge in [0.15, 0.2) is 5.13 Å². The fourth-order valence-electron chi connectivity index (χ4n) is 1.88. The van der Waals surface area contributed by atoms with Gasteiger partial charge in [-0.2, -0.15) is 0 Å². The minimum Gasteiger partial charge on any atom is -0.346 e. The lowest BCUT2D eigenvalue weighted by molar-refractivity contribution is -0.122. The van der Waals surface area contributed by atoms with E-state index in [1.807, 2.05) is 11.6 Å². The molecule has 0 aromatic carbocycles. The number of hydrogen-bond donors (Lipinski definition) is 1. The van der Waals surface area contributed by atoms with Crippen LogP contribution in [0.2, 0.25) is 0 Å². The Bertz CT molecular complexity index is 418. The zero-order valence-electron chi connectivity index (χ0n) is 10.1. The molecule has 5 nitrogen and oxygen atoms in total. The zero-order valence-corrected chi connectivity index (χ0v) is 10.9. The summed E-state index contributed by atoms with van der Waals surface area (Å²) in [5.41, 5.74) is 0. The molecule has 96 valence electrons. The van der Waals surface area contributed by atoms with E-state index in [0.717, 1.165) is 31.3 Å². The van der Waals surface area contributed by atoms with E-state index < -0.39 is 0 Å². The molecule has 0 saturated carbocycles. The Morgan fingerprint density at radius 1 is 1.50 bits per heavy atom. The van der Waals surface area contributed by atoms with Crippen LogP contribution in [-0.4, -0.2) is 55.1 Å². The largest absolute Gasteiger partial charge is 0.346 e. The van der Waals surface area contributed by atoms with Gasteiger partial charge in [0.1, 0.15) is 0 Å². The van der Waals surface area contributed by atoms with Crippen molar-refractivity contribution in [3.8, 4) is 12.3 Å². The fraction of sp³-hybridized carbons (Fsp3) is 0.500. The molecule has 0 atom stereocenters. The van der Waals surface area contributed by atoms with E-state index >= 15 is 0 Å². The standard InChI is InChI=1S/C12H16N4OS/c1-2-3-13-11(17)10-15-5-7-16(8-6-15)12-14-4-9-18-12/h1,4,9H,3,5-8,10H2,(H,13,17). The number of carbonyl (C=O) groups is 1. The normalized spacial score (nSPS) is 16.3. The molecule has 1 amide bonds. The van der Waals surface area contributed by atoms with Crippen molar-refractivity contribution in [2.75, 3.05) is 44.2 Å². The molecule has 1 saturated heterocycles. The molecule has 0 radical (unpaired) electrons.